The molecule has 0 radical (unpaired) electrons. The quantitative estimate of drug-likeness (QED) is 0.578. The lowest BCUT2D eigenvalue weighted by molar-refractivity contribution is -0.139. The van der Waals surface area contributed by atoms with Crippen molar-refractivity contribution in [2.45, 2.75) is 18.9 Å². The summed E-state index contributed by atoms with van der Waals surface area (Å²) in [5, 5.41) is 24.3. The summed E-state index contributed by atoms with van der Waals surface area (Å²) in [7, 11) is 0. The number of urea groups is 1. The van der Waals surface area contributed by atoms with E-state index in [1.54, 1.807) is 11.3 Å². The highest BCUT2D eigenvalue weighted by Gasteiger charge is 2.18. The molecule has 1 unspecified atom stereocenters. The van der Waals surface area contributed by atoms with Gasteiger partial charge in [0.05, 0.1) is 0 Å². The summed E-state index contributed by atoms with van der Waals surface area (Å²) in [6, 6.07) is 2.31. The van der Waals surface area contributed by atoms with Crippen LogP contribution < -0.4 is 10.6 Å². The van der Waals surface area contributed by atoms with Crippen LogP contribution >= 0.6 is 11.3 Å². The molecule has 0 aliphatic heterocycles. The Kier molecular flexibility index (Phi) is 6.16. The van der Waals surface area contributed by atoms with E-state index in [4.69, 9.17) is 10.2 Å². The Hall–Kier alpha value is -1.60. The first kappa shape index (κ1) is 14.5. The third-order valence-electron chi connectivity index (χ3n) is 2.26. The first-order chi connectivity index (χ1) is 8.63. The second-order valence-corrected chi connectivity index (χ2v) is 4.66. The van der Waals surface area contributed by atoms with Crippen molar-refractivity contribution in [3.8, 4) is 0 Å². The average Bonchev–Trinajstić information content (AvgIpc) is 2.81. The highest BCUT2D eigenvalue weighted by Crippen LogP contribution is 2.07. The second kappa shape index (κ2) is 7.67. The Bertz CT molecular complexity index is 380. The van der Waals surface area contributed by atoms with E-state index in [-0.39, 0.29) is 13.0 Å². The molecule has 0 fully saturated rings. The lowest BCUT2D eigenvalue weighted by Gasteiger charge is -2.13. The molecule has 1 heterocycles. The predicted octanol–water partition coefficient (Wildman–Crippen LogP) is 0.425. The summed E-state index contributed by atoms with van der Waals surface area (Å²) < 4.78 is 0. The molecule has 18 heavy (non-hydrogen) atoms. The van der Waals surface area contributed by atoms with Crippen molar-refractivity contribution in [1.82, 2.24) is 10.6 Å². The number of carbonyl (C=O) groups excluding carboxylic acids is 1. The number of hydrogen-bond acceptors (Lipinski definition) is 4. The first-order valence-corrected chi connectivity index (χ1v) is 6.42. The van der Waals surface area contributed by atoms with Gasteiger partial charge in [-0.2, -0.15) is 0 Å². The molecule has 4 N–H and O–H groups in total. The van der Waals surface area contributed by atoms with Crippen molar-refractivity contribution < 1.29 is 19.8 Å². The van der Waals surface area contributed by atoms with E-state index in [9.17, 15) is 9.59 Å². The molecule has 0 aliphatic carbocycles. The average molecular weight is 272 g/mol. The lowest BCUT2D eigenvalue weighted by Crippen LogP contribution is -2.46. The number of carbonyl (C=O) groups is 2. The maximum atomic E-state index is 11.4. The molecular formula is C11H16N2O4S. The van der Waals surface area contributed by atoms with Gasteiger partial charge in [-0.3, -0.25) is 0 Å². The minimum atomic E-state index is -1.16. The Morgan fingerprint density at radius 1 is 1.44 bits per heavy atom. The van der Waals surface area contributed by atoms with Gasteiger partial charge in [-0.05, 0) is 17.9 Å². The first-order valence-electron chi connectivity index (χ1n) is 5.54. The number of carboxylic acids is 1. The molecule has 1 rings (SSSR count). The zero-order chi connectivity index (χ0) is 13.4. The van der Waals surface area contributed by atoms with Gasteiger partial charge < -0.3 is 20.8 Å². The van der Waals surface area contributed by atoms with Crippen molar-refractivity contribution in [2.24, 2.45) is 0 Å². The molecule has 7 heteroatoms. The minimum Gasteiger partial charge on any atom is -0.480 e. The van der Waals surface area contributed by atoms with E-state index in [1.165, 1.54) is 0 Å². The fourth-order valence-electron chi connectivity index (χ4n) is 1.35. The van der Waals surface area contributed by atoms with Crippen LogP contribution in [0.2, 0.25) is 0 Å². The van der Waals surface area contributed by atoms with Gasteiger partial charge in [0.1, 0.15) is 6.04 Å². The van der Waals surface area contributed by atoms with Crippen LogP contribution in [0.25, 0.3) is 0 Å². The molecule has 6 nitrogen and oxygen atoms in total. The fourth-order valence-corrected chi connectivity index (χ4v) is 2.06. The molecule has 1 aromatic rings. The van der Waals surface area contributed by atoms with E-state index in [0.29, 0.717) is 13.0 Å². The Morgan fingerprint density at radius 3 is 2.78 bits per heavy atom. The van der Waals surface area contributed by atoms with E-state index in [1.807, 2.05) is 17.5 Å². The fraction of sp³-hybridized carbons (Fsp3) is 0.455. The summed E-state index contributed by atoms with van der Waals surface area (Å²) in [6.45, 7) is 0.157. The molecule has 100 valence electrons. The molecule has 0 aromatic carbocycles. The van der Waals surface area contributed by atoms with E-state index in [0.717, 1.165) is 4.88 Å². The van der Waals surface area contributed by atoms with Crippen LogP contribution in [0.4, 0.5) is 4.79 Å². The summed E-state index contributed by atoms with van der Waals surface area (Å²) >= 11 is 1.60. The summed E-state index contributed by atoms with van der Waals surface area (Å²) in [4.78, 5) is 23.3. The van der Waals surface area contributed by atoms with E-state index >= 15 is 0 Å². The smallest absolute Gasteiger partial charge is 0.326 e. The lowest BCUT2D eigenvalue weighted by atomic mass is 10.2. The zero-order valence-electron chi connectivity index (χ0n) is 9.76. The number of aliphatic carboxylic acids is 1. The molecule has 0 saturated carbocycles. The van der Waals surface area contributed by atoms with Gasteiger partial charge in [0.25, 0.3) is 0 Å². The summed E-state index contributed by atoms with van der Waals surface area (Å²) in [6.07, 6.45) is 0.705. The number of carboxylic acid groups (broad SMARTS) is 1. The van der Waals surface area contributed by atoms with Crippen LogP contribution in [0.15, 0.2) is 17.5 Å². The van der Waals surface area contributed by atoms with Gasteiger partial charge >= 0.3 is 12.0 Å². The Morgan fingerprint density at radius 2 is 2.22 bits per heavy atom. The molecule has 2 amide bonds. The van der Waals surface area contributed by atoms with Crippen LogP contribution in [0, 0.1) is 0 Å². The van der Waals surface area contributed by atoms with E-state index in [2.05, 4.69) is 10.6 Å². The third-order valence-corrected chi connectivity index (χ3v) is 3.19. The molecule has 0 saturated heterocycles. The van der Waals surface area contributed by atoms with E-state index < -0.39 is 18.0 Å². The number of thiophene rings is 1. The van der Waals surface area contributed by atoms with Crippen molar-refractivity contribution >= 4 is 23.3 Å². The van der Waals surface area contributed by atoms with Crippen molar-refractivity contribution in [3.05, 3.63) is 22.4 Å². The maximum absolute atomic E-state index is 11.4. The largest absolute Gasteiger partial charge is 0.480 e. The number of aliphatic hydroxyl groups excluding tert-OH is 1. The van der Waals surface area contributed by atoms with Gasteiger partial charge in [0, 0.05) is 24.4 Å². The van der Waals surface area contributed by atoms with Crippen LogP contribution in [-0.4, -0.2) is 41.4 Å². The van der Waals surface area contributed by atoms with Gasteiger partial charge in [0.15, 0.2) is 0 Å². The number of rotatable bonds is 7. The third kappa shape index (κ3) is 5.15. The van der Waals surface area contributed by atoms with Crippen LogP contribution in [0.3, 0.4) is 0 Å². The maximum Gasteiger partial charge on any atom is 0.326 e. The number of amides is 2. The van der Waals surface area contributed by atoms with Crippen molar-refractivity contribution in [1.29, 1.82) is 0 Å². The Balaban J connectivity index is 2.25. The molecule has 0 bridgehead atoms. The predicted molar refractivity (Wildman–Crippen MR) is 67.7 cm³/mol. The molecule has 1 aromatic heterocycles. The molecule has 0 spiro atoms. The molecular weight excluding hydrogens is 256 g/mol. The normalized spacial score (nSPS) is 11.8. The Labute approximate surface area is 109 Å². The van der Waals surface area contributed by atoms with Crippen molar-refractivity contribution in [2.75, 3.05) is 13.2 Å². The highest BCUT2D eigenvalue weighted by molar-refractivity contribution is 7.09. The topological polar surface area (TPSA) is 98.7 Å². The second-order valence-electron chi connectivity index (χ2n) is 3.63. The molecule has 0 aliphatic rings. The SMILES string of the molecule is O=C(NCCc1cccs1)NC(CCO)C(=O)O. The number of hydrogen-bond donors (Lipinski definition) is 4. The van der Waals surface area contributed by atoms with Gasteiger partial charge in [-0.1, -0.05) is 6.07 Å². The standard InChI is InChI=1S/C11H16N2O4S/c14-6-4-9(10(15)16)13-11(17)12-5-3-8-2-1-7-18-8/h1-2,7,9,14H,3-6H2,(H,15,16)(H2,12,13,17). The van der Waals surface area contributed by atoms with Crippen molar-refractivity contribution in [3.63, 3.8) is 0 Å². The summed E-state index contributed by atoms with van der Waals surface area (Å²) in [5.74, 6) is -1.16. The van der Waals surface area contributed by atoms with Gasteiger partial charge in [0.2, 0.25) is 0 Å². The van der Waals surface area contributed by atoms with Gasteiger partial charge in [-0.15, -0.1) is 11.3 Å². The van der Waals surface area contributed by atoms with Crippen LogP contribution in [-0.2, 0) is 11.2 Å². The summed E-state index contributed by atoms with van der Waals surface area (Å²) in [5.41, 5.74) is 0. The van der Waals surface area contributed by atoms with Crippen LogP contribution in [0.1, 0.15) is 11.3 Å². The number of aliphatic hydroxyl groups is 1. The van der Waals surface area contributed by atoms with Gasteiger partial charge in [-0.25, -0.2) is 9.59 Å². The minimum absolute atomic E-state index is 0.00627. The molecule has 1 atom stereocenters. The number of nitrogens with one attached hydrogen (secondary N) is 2. The zero-order valence-corrected chi connectivity index (χ0v) is 10.6. The highest BCUT2D eigenvalue weighted by atomic mass is 32.1. The van der Waals surface area contributed by atoms with Crippen LogP contribution in [0.5, 0.6) is 0 Å². The monoisotopic (exact) mass is 272 g/mol.